The van der Waals surface area contributed by atoms with Gasteiger partial charge in [-0.1, -0.05) is 18.2 Å². The van der Waals surface area contributed by atoms with Gasteiger partial charge in [0.2, 0.25) is 5.91 Å². The number of hydrogen-bond donors (Lipinski definition) is 1. The molecule has 1 amide bonds. The number of carbonyl (C=O) groups is 1. The van der Waals surface area contributed by atoms with E-state index in [0.717, 1.165) is 0 Å². The standard InChI is InChI=1S/C12H9FN2O/c13-11-4-2-1-3-10(11)8-5-9(12(14)16)7-15-6-8/h1-7H,(H2,14,16). The fourth-order valence-corrected chi connectivity index (χ4v) is 1.42. The molecule has 0 fully saturated rings. The molecule has 0 radical (unpaired) electrons. The minimum Gasteiger partial charge on any atom is -0.366 e. The maximum atomic E-state index is 13.5. The molecular formula is C12H9FN2O. The van der Waals surface area contributed by atoms with Crippen LogP contribution in [0.2, 0.25) is 0 Å². The van der Waals surface area contributed by atoms with Crippen molar-refractivity contribution in [1.29, 1.82) is 0 Å². The van der Waals surface area contributed by atoms with E-state index in [1.54, 1.807) is 18.2 Å². The molecule has 16 heavy (non-hydrogen) atoms. The molecule has 1 aromatic carbocycles. The van der Waals surface area contributed by atoms with E-state index in [2.05, 4.69) is 4.98 Å². The quantitative estimate of drug-likeness (QED) is 0.834. The van der Waals surface area contributed by atoms with E-state index >= 15 is 0 Å². The number of aromatic nitrogens is 1. The molecule has 80 valence electrons. The van der Waals surface area contributed by atoms with Crippen LogP contribution in [-0.2, 0) is 0 Å². The molecule has 3 nitrogen and oxygen atoms in total. The van der Waals surface area contributed by atoms with E-state index < -0.39 is 5.91 Å². The molecule has 0 saturated carbocycles. The minimum atomic E-state index is -0.578. The smallest absolute Gasteiger partial charge is 0.250 e. The van der Waals surface area contributed by atoms with Crippen LogP contribution in [-0.4, -0.2) is 10.9 Å². The van der Waals surface area contributed by atoms with Crippen LogP contribution in [0.5, 0.6) is 0 Å². The Labute approximate surface area is 91.7 Å². The van der Waals surface area contributed by atoms with Crippen molar-refractivity contribution in [3.63, 3.8) is 0 Å². The molecule has 2 aromatic rings. The molecule has 0 unspecified atom stereocenters. The average molecular weight is 216 g/mol. The Morgan fingerprint density at radius 3 is 2.69 bits per heavy atom. The second kappa shape index (κ2) is 4.10. The molecule has 0 spiro atoms. The Hall–Kier alpha value is -2.23. The summed E-state index contributed by atoms with van der Waals surface area (Å²) in [6.45, 7) is 0. The van der Waals surface area contributed by atoms with E-state index in [1.165, 1.54) is 24.5 Å². The number of primary amides is 1. The van der Waals surface area contributed by atoms with Gasteiger partial charge in [0.25, 0.3) is 0 Å². The fourth-order valence-electron chi connectivity index (χ4n) is 1.42. The van der Waals surface area contributed by atoms with Crippen LogP contribution in [0.15, 0.2) is 42.7 Å². The molecule has 0 atom stereocenters. The molecule has 0 bridgehead atoms. The Morgan fingerprint density at radius 2 is 2.00 bits per heavy atom. The van der Waals surface area contributed by atoms with Crippen LogP contribution < -0.4 is 5.73 Å². The third kappa shape index (κ3) is 1.91. The third-order valence-electron chi connectivity index (χ3n) is 2.21. The van der Waals surface area contributed by atoms with E-state index in [0.29, 0.717) is 11.1 Å². The molecule has 2 rings (SSSR count). The first kappa shape index (κ1) is 10.3. The van der Waals surface area contributed by atoms with Crippen LogP contribution in [0, 0.1) is 5.82 Å². The molecule has 2 N–H and O–H groups in total. The van der Waals surface area contributed by atoms with Crippen molar-refractivity contribution >= 4 is 5.91 Å². The Morgan fingerprint density at radius 1 is 1.25 bits per heavy atom. The van der Waals surface area contributed by atoms with Crippen molar-refractivity contribution in [2.24, 2.45) is 5.73 Å². The number of carbonyl (C=O) groups excluding carboxylic acids is 1. The molecule has 0 aliphatic carbocycles. The van der Waals surface area contributed by atoms with Gasteiger partial charge in [-0.2, -0.15) is 0 Å². The van der Waals surface area contributed by atoms with Gasteiger partial charge in [0.1, 0.15) is 5.82 Å². The number of nitrogens with zero attached hydrogens (tertiary/aromatic N) is 1. The summed E-state index contributed by atoms with van der Waals surface area (Å²) in [4.78, 5) is 14.8. The van der Waals surface area contributed by atoms with E-state index in [1.807, 2.05) is 0 Å². The molecule has 1 aromatic heterocycles. The summed E-state index contributed by atoms with van der Waals surface area (Å²) in [5.41, 5.74) is 6.33. The van der Waals surface area contributed by atoms with Gasteiger partial charge in [-0.3, -0.25) is 9.78 Å². The maximum Gasteiger partial charge on any atom is 0.250 e. The molecule has 4 heteroatoms. The monoisotopic (exact) mass is 216 g/mol. The van der Waals surface area contributed by atoms with Gasteiger partial charge >= 0.3 is 0 Å². The van der Waals surface area contributed by atoms with Crippen LogP contribution in [0.4, 0.5) is 4.39 Å². The maximum absolute atomic E-state index is 13.5. The second-order valence-corrected chi connectivity index (χ2v) is 3.31. The SMILES string of the molecule is NC(=O)c1cncc(-c2ccccc2F)c1. The Balaban J connectivity index is 2.53. The van der Waals surface area contributed by atoms with Gasteiger partial charge in [0, 0.05) is 23.5 Å². The number of hydrogen-bond acceptors (Lipinski definition) is 2. The number of rotatable bonds is 2. The lowest BCUT2D eigenvalue weighted by atomic mass is 10.1. The van der Waals surface area contributed by atoms with Crippen molar-refractivity contribution in [2.75, 3.05) is 0 Å². The number of nitrogens with two attached hydrogens (primary N) is 1. The van der Waals surface area contributed by atoms with Crippen molar-refractivity contribution in [3.05, 3.63) is 54.1 Å². The van der Waals surface area contributed by atoms with Crippen LogP contribution >= 0.6 is 0 Å². The van der Waals surface area contributed by atoms with Gasteiger partial charge < -0.3 is 5.73 Å². The predicted octanol–water partition coefficient (Wildman–Crippen LogP) is 1.99. The number of amides is 1. The summed E-state index contributed by atoms with van der Waals surface area (Å²) in [6.07, 6.45) is 2.84. The minimum absolute atomic E-state index is 0.265. The summed E-state index contributed by atoms with van der Waals surface area (Å²) in [6, 6.07) is 7.82. The summed E-state index contributed by atoms with van der Waals surface area (Å²) in [7, 11) is 0. The molecule has 0 aliphatic rings. The normalized spacial score (nSPS) is 10.1. The first-order valence-electron chi connectivity index (χ1n) is 4.68. The molecule has 0 saturated heterocycles. The topological polar surface area (TPSA) is 56.0 Å². The second-order valence-electron chi connectivity index (χ2n) is 3.31. The zero-order valence-corrected chi connectivity index (χ0v) is 8.35. The Kier molecular flexibility index (Phi) is 2.64. The molecule has 1 heterocycles. The van der Waals surface area contributed by atoms with E-state index in [4.69, 9.17) is 5.73 Å². The average Bonchev–Trinajstić information content (AvgIpc) is 2.30. The highest BCUT2D eigenvalue weighted by atomic mass is 19.1. The van der Waals surface area contributed by atoms with Crippen molar-refractivity contribution in [3.8, 4) is 11.1 Å². The predicted molar refractivity (Wildman–Crippen MR) is 58.1 cm³/mol. The van der Waals surface area contributed by atoms with Gasteiger partial charge in [0.15, 0.2) is 0 Å². The van der Waals surface area contributed by atoms with Gasteiger partial charge in [-0.25, -0.2) is 4.39 Å². The first-order chi connectivity index (χ1) is 7.68. The number of halogens is 1. The van der Waals surface area contributed by atoms with Crippen molar-refractivity contribution in [1.82, 2.24) is 4.98 Å². The first-order valence-corrected chi connectivity index (χ1v) is 4.68. The van der Waals surface area contributed by atoms with Gasteiger partial charge in [0.05, 0.1) is 5.56 Å². The van der Waals surface area contributed by atoms with E-state index in [-0.39, 0.29) is 11.4 Å². The summed E-state index contributed by atoms with van der Waals surface area (Å²) in [5.74, 6) is -0.934. The van der Waals surface area contributed by atoms with Gasteiger partial charge in [-0.15, -0.1) is 0 Å². The lowest BCUT2D eigenvalue weighted by molar-refractivity contribution is 0.1000. The van der Waals surface area contributed by atoms with Crippen molar-refractivity contribution < 1.29 is 9.18 Å². The zero-order valence-electron chi connectivity index (χ0n) is 8.35. The zero-order chi connectivity index (χ0) is 11.5. The third-order valence-corrected chi connectivity index (χ3v) is 2.21. The highest BCUT2D eigenvalue weighted by Gasteiger charge is 2.07. The summed E-state index contributed by atoms with van der Waals surface area (Å²) >= 11 is 0. The van der Waals surface area contributed by atoms with Crippen LogP contribution in [0.3, 0.4) is 0 Å². The molecule has 0 aliphatic heterocycles. The number of benzene rings is 1. The molecular weight excluding hydrogens is 207 g/mol. The highest BCUT2D eigenvalue weighted by molar-refractivity contribution is 5.93. The Bertz CT molecular complexity index is 540. The van der Waals surface area contributed by atoms with Gasteiger partial charge in [-0.05, 0) is 12.1 Å². The largest absolute Gasteiger partial charge is 0.366 e. The van der Waals surface area contributed by atoms with Crippen LogP contribution in [0.1, 0.15) is 10.4 Å². The fraction of sp³-hybridized carbons (Fsp3) is 0. The summed E-state index contributed by atoms with van der Waals surface area (Å²) < 4.78 is 13.5. The van der Waals surface area contributed by atoms with E-state index in [9.17, 15) is 9.18 Å². The highest BCUT2D eigenvalue weighted by Crippen LogP contribution is 2.22. The summed E-state index contributed by atoms with van der Waals surface area (Å²) in [5, 5.41) is 0. The van der Waals surface area contributed by atoms with Crippen LogP contribution in [0.25, 0.3) is 11.1 Å². The lowest BCUT2D eigenvalue weighted by Crippen LogP contribution is -2.11. The number of pyridine rings is 1. The lowest BCUT2D eigenvalue weighted by Gasteiger charge is -2.03. The van der Waals surface area contributed by atoms with Crippen molar-refractivity contribution in [2.45, 2.75) is 0 Å².